The van der Waals surface area contributed by atoms with Gasteiger partial charge in [0.15, 0.2) is 0 Å². The minimum Gasteiger partial charge on any atom is -0.506 e. The highest BCUT2D eigenvalue weighted by Crippen LogP contribution is 2.33. The van der Waals surface area contributed by atoms with Crippen molar-refractivity contribution in [1.29, 1.82) is 0 Å². The second-order valence-corrected chi connectivity index (χ2v) is 6.03. The Morgan fingerprint density at radius 1 is 1.25 bits per heavy atom. The molecule has 16 heavy (non-hydrogen) atoms. The number of hydrogen-bond acceptors (Lipinski definition) is 2. The van der Waals surface area contributed by atoms with E-state index >= 15 is 0 Å². The molecule has 0 aliphatic heterocycles. The summed E-state index contributed by atoms with van der Waals surface area (Å²) in [6.45, 7) is 1.94. The van der Waals surface area contributed by atoms with E-state index in [2.05, 4.69) is 37.2 Å². The molecule has 0 heterocycles. The first-order valence-corrected chi connectivity index (χ1v) is 7.13. The van der Waals surface area contributed by atoms with Gasteiger partial charge in [-0.2, -0.15) is 0 Å². The lowest BCUT2D eigenvalue weighted by Gasteiger charge is -2.07. The Hall–Kier alpha value is -0.0600. The topological polar surface area (TPSA) is 32.3 Å². The smallest absolute Gasteiger partial charge is 0.143 e. The molecule has 2 N–H and O–H groups in total. The van der Waals surface area contributed by atoms with Crippen LogP contribution in [-0.4, -0.2) is 11.7 Å². The van der Waals surface area contributed by atoms with Gasteiger partial charge in [-0.25, -0.2) is 0 Å². The Morgan fingerprint density at radius 3 is 2.44 bits per heavy atom. The summed E-state index contributed by atoms with van der Waals surface area (Å²) in [5, 5.41) is 13.0. The molecule has 0 amide bonds. The van der Waals surface area contributed by atoms with Gasteiger partial charge in [-0.05, 0) is 68.4 Å². The molecule has 1 aliphatic carbocycles. The van der Waals surface area contributed by atoms with Crippen LogP contribution in [0.2, 0.25) is 0 Å². The van der Waals surface area contributed by atoms with Crippen LogP contribution in [0.15, 0.2) is 21.1 Å². The van der Waals surface area contributed by atoms with Gasteiger partial charge in [0.2, 0.25) is 0 Å². The van der Waals surface area contributed by atoms with Crippen molar-refractivity contribution in [2.45, 2.75) is 25.8 Å². The van der Waals surface area contributed by atoms with Gasteiger partial charge in [-0.3, -0.25) is 0 Å². The molecule has 1 fully saturated rings. The lowest BCUT2D eigenvalue weighted by atomic mass is 10.2. The first-order chi connectivity index (χ1) is 7.66. The zero-order valence-corrected chi connectivity index (χ0v) is 12.1. The summed E-state index contributed by atoms with van der Waals surface area (Å²) in [6.07, 6.45) is 4.12. The van der Waals surface area contributed by atoms with E-state index in [9.17, 15) is 5.11 Å². The SMILES string of the molecule is Oc1c(Br)cc(CNCCC2CC2)cc1Br. The lowest BCUT2D eigenvalue weighted by molar-refractivity contribution is 0.468. The molecule has 0 atom stereocenters. The Kier molecular flexibility index (Phi) is 4.27. The van der Waals surface area contributed by atoms with Gasteiger partial charge in [0.25, 0.3) is 0 Å². The number of phenols is 1. The summed E-state index contributed by atoms with van der Waals surface area (Å²) in [5.74, 6) is 1.24. The fourth-order valence-electron chi connectivity index (χ4n) is 1.67. The maximum Gasteiger partial charge on any atom is 0.143 e. The highest BCUT2D eigenvalue weighted by molar-refractivity contribution is 9.11. The number of rotatable bonds is 5. The molecular formula is C12H15Br2NO. The van der Waals surface area contributed by atoms with E-state index in [-0.39, 0.29) is 5.75 Å². The molecule has 0 bridgehead atoms. The first kappa shape index (κ1) is 12.4. The van der Waals surface area contributed by atoms with Crippen molar-refractivity contribution in [3.63, 3.8) is 0 Å². The third-order valence-corrected chi connectivity index (χ3v) is 4.04. The van der Waals surface area contributed by atoms with Crippen molar-refractivity contribution in [3.8, 4) is 5.75 Å². The fraction of sp³-hybridized carbons (Fsp3) is 0.500. The molecule has 0 saturated heterocycles. The van der Waals surface area contributed by atoms with Crippen LogP contribution in [0.25, 0.3) is 0 Å². The second kappa shape index (κ2) is 5.52. The van der Waals surface area contributed by atoms with E-state index in [1.807, 2.05) is 12.1 Å². The Balaban J connectivity index is 1.83. The summed E-state index contributed by atoms with van der Waals surface area (Å²) in [4.78, 5) is 0. The van der Waals surface area contributed by atoms with Gasteiger partial charge in [0.1, 0.15) is 5.75 Å². The summed E-state index contributed by atoms with van der Waals surface area (Å²) in [6, 6.07) is 3.90. The summed E-state index contributed by atoms with van der Waals surface area (Å²) in [7, 11) is 0. The van der Waals surface area contributed by atoms with Gasteiger partial charge in [-0.1, -0.05) is 12.8 Å². The first-order valence-electron chi connectivity index (χ1n) is 5.54. The summed E-state index contributed by atoms with van der Waals surface area (Å²) < 4.78 is 1.47. The number of halogens is 2. The summed E-state index contributed by atoms with van der Waals surface area (Å²) >= 11 is 6.66. The van der Waals surface area contributed by atoms with Crippen LogP contribution in [0.5, 0.6) is 5.75 Å². The largest absolute Gasteiger partial charge is 0.506 e. The number of hydrogen-bond donors (Lipinski definition) is 2. The Morgan fingerprint density at radius 2 is 1.88 bits per heavy atom. The molecule has 88 valence electrons. The van der Waals surface area contributed by atoms with E-state index in [1.165, 1.54) is 24.8 Å². The molecule has 0 unspecified atom stereocenters. The molecule has 0 radical (unpaired) electrons. The molecule has 1 saturated carbocycles. The number of aromatic hydroxyl groups is 1. The van der Waals surface area contributed by atoms with Gasteiger partial charge in [0, 0.05) is 6.54 Å². The van der Waals surface area contributed by atoms with Gasteiger partial charge in [-0.15, -0.1) is 0 Å². The van der Waals surface area contributed by atoms with Gasteiger partial charge >= 0.3 is 0 Å². The molecule has 4 heteroatoms. The van der Waals surface area contributed by atoms with Crippen LogP contribution in [-0.2, 0) is 6.54 Å². The molecule has 1 aliphatic rings. The van der Waals surface area contributed by atoms with Crippen LogP contribution in [0.4, 0.5) is 0 Å². The molecule has 1 aromatic carbocycles. The standard InChI is InChI=1S/C12H15Br2NO/c13-10-5-9(6-11(14)12(10)16)7-15-4-3-8-1-2-8/h5-6,8,15-16H,1-4,7H2. The third kappa shape index (κ3) is 3.47. The van der Waals surface area contributed by atoms with Crippen LogP contribution in [0, 0.1) is 5.92 Å². The maximum absolute atomic E-state index is 9.57. The van der Waals surface area contributed by atoms with Gasteiger partial charge < -0.3 is 10.4 Å². The predicted molar refractivity (Wildman–Crippen MR) is 72.6 cm³/mol. The van der Waals surface area contributed by atoms with E-state index in [4.69, 9.17) is 0 Å². The zero-order chi connectivity index (χ0) is 11.5. The van der Waals surface area contributed by atoms with E-state index in [0.29, 0.717) is 0 Å². The normalized spacial score (nSPS) is 15.4. The van der Waals surface area contributed by atoms with Crippen LogP contribution in [0.3, 0.4) is 0 Å². The van der Waals surface area contributed by atoms with Crippen molar-refractivity contribution in [2.24, 2.45) is 5.92 Å². The van der Waals surface area contributed by atoms with Crippen molar-refractivity contribution < 1.29 is 5.11 Å². The fourth-order valence-corrected chi connectivity index (χ4v) is 2.95. The quantitative estimate of drug-likeness (QED) is 0.793. The Bertz CT molecular complexity index is 354. The van der Waals surface area contributed by atoms with Crippen LogP contribution < -0.4 is 5.32 Å². The molecule has 0 spiro atoms. The van der Waals surface area contributed by atoms with E-state index < -0.39 is 0 Å². The zero-order valence-electron chi connectivity index (χ0n) is 8.97. The molecule has 1 aromatic rings. The van der Waals surface area contributed by atoms with Crippen molar-refractivity contribution in [3.05, 3.63) is 26.6 Å². The number of benzene rings is 1. The monoisotopic (exact) mass is 347 g/mol. The highest BCUT2D eigenvalue weighted by atomic mass is 79.9. The minimum atomic E-state index is 0.265. The van der Waals surface area contributed by atoms with Crippen LogP contribution >= 0.6 is 31.9 Å². The number of nitrogens with one attached hydrogen (secondary N) is 1. The van der Waals surface area contributed by atoms with Crippen molar-refractivity contribution >= 4 is 31.9 Å². The average molecular weight is 349 g/mol. The molecule has 2 nitrogen and oxygen atoms in total. The molecular weight excluding hydrogens is 334 g/mol. The molecule has 0 aromatic heterocycles. The van der Waals surface area contributed by atoms with Crippen LogP contribution in [0.1, 0.15) is 24.8 Å². The Labute approximate surface area is 113 Å². The van der Waals surface area contributed by atoms with Gasteiger partial charge in [0.05, 0.1) is 8.95 Å². The summed E-state index contributed by atoms with van der Waals surface area (Å²) in [5.41, 5.74) is 1.17. The lowest BCUT2D eigenvalue weighted by Crippen LogP contribution is -2.15. The molecule has 2 rings (SSSR count). The van der Waals surface area contributed by atoms with E-state index in [0.717, 1.165) is 28.0 Å². The maximum atomic E-state index is 9.57. The second-order valence-electron chi connectivity index (χ2n) is 4.32. The predicted octanol–water partition coefficient (Wildman–Crippen LogP) is 3.81. The highest BCUT2D eigenvalue weighted by Gasteiger charge is 2.19. The minimum absolute atomic E-state index is 0.265. The van der Waals surface area contributed by atoms with Crippen molar-refractivity contribution in [2.75, 3.05) is 6.54 Å². The van der Waals surface area contributed by atoms with E-state index in [1.54, 1.807) is 0 Å². The third-order valence-electron chi connectivity index (χ3n) is 2.83. The van der Waals surface area contributed by atoms with Crippen molar-refractivity contribution in [1.82, 2.24) is 5.32 Å². The average Bonchev–Trinajstić information content (AvgIpc) is 3.04. The number of phenolic OH excluding ortho intramolecular Hbond substituents is 1.